The first-order valence-corrected chi connectivity index (χ1v) is 8.58. The van der Waals surface area contributed by atoms with Crippen molar-refractivity contribution in [3.63, 3.8) is 0 Å². The molecule has 0 amide bonds. The van der Waals surface area contributed by atoms with E-state index < -0.39 is 0 Å². The summed E-state index contributed by atoms with van der Waals surface area (Å²) in [4.78, 5) is 5.13. The van der Waals surface area contributed by atoms with Crippen LogP contribution in [0.5, 0.6) is 0 Å². The fraction of sp³-hybridized carbons (Fsp3) is 1.00. The van der Waals surface area contributed by atoms with Crippen LogP contribution in [0.15, 0.2) is 0 Å². The third kappa shape index (κ3) is 5.32. The van der Waals surface area contributed by atoms with Crippen LogP contribution >= 0.6 is 0 Å². The molecule has 0 aromatic rings. The van der Waals surface area contributed by atoms with Gasteiger partial charge in [0.1, 0.15) is 0 Å². The van der Waals surface area contributed by atoms with Crippen LogP contribution in [0.25, 0.3) is 0 Å². The average molecular weight is 283 g/mol. The molecule has 2 heterocycles. The topological polar surface area (TPSA) is 27.7 Å². The van der Waals surface area contributed by atoms with Gasteiger partial charge in [0.25, 0.3) is 0 Å². The molecule has 2 unspecified atom stereocenters. The second-order valence-corrected chi connectivity index (χ2v) is 6.32. The van der Waals surface area contributed by atoms with Crippen molar-refractivity contribution in [2.45, 2.75) is 51.7 Å². The number of ether oxygens (including phenoxy) is 1. The van der Waals surface area contributed by atoms with Gasteiger partial charge in [0, 0.05) is 25.7 Å². The molecule has 2 saturated heterocycles. The van der Waals surface area contributed by atoms with Gasteiger partial charge in [-0.1, -0.05) is 13.3 Å². The van der Waals surface area contributed by atoms with Gasteiger partial charge < -0.3 is 15.0 Å². The Hall–Kier alpha value is -0.160. The third-order valence-corrected chi connectivity index (χ3v) is 4.78. The Morgan fingerprint density at radius 1 is 1.25 bits per heavy atom. The molecule has 0 aliphatic carbocycles. The van der Waals surface area contributed by atoms with Crippen molar-refractivity contribution < 1.29 is 4.74 Å². The smallest absolute Gasteiger partial charge is 0.0826 e. The molecule has 2 rings (SSSR count). The van der Waals surface area contributed by atoms with Gasteiger partial charge in [-0.3, -0.25) is 4.90 Å². The van der Waals surface area contributed by atoms with Crippen molar-refractivity contribution in [2.24, 2.45) is 0 Å². The number of nitrogens with zero attached hydrogens (tertiary/aromatic N) is 2. The van der Waals surface area contributed by atoms with E-state index in [9.17, 15) is 0 Å². The van der Waals surface area contributed by atoms with Gasteiger partial charge in [0.05, 0.1) is 12.7 Å². The standard InChI is InChI=1S/C16H33N3O/c1-3-18-11-12-20-16(14-18)13-17-8-6-10-19-9-5-4-7-15(19)2/h15-17H,3-14H2,1-2H3. The van der Waals surface area contributed by atoms with Gasteiger partial charge in [-0.05, 0) is 52.4 Å². The van der Waals surface area contributed by atoms with Gasteiger partial charge in [0.2, 0.25) is 0 Å². The largest absolute Gasteiger partial charge is 0.374 e. The predicted molar refractivity (Wildman–Crippen MR) is 84.2 cm³/mol. The molecule has 0 spiro atoms. The first kappa shape index (κ1) is 16.2. The monoisotopic (exact) mass is 283 g/mol. The van der Waals surface area contributed by atoms with Crippen molar-refractivity contribution in [3.05, 3.63) is 0 Å². The highest BCUT2D eigenvalue weighted by Gasteiger charge is 2.19. The average Bonchev–Trinajstić information content (AvgIpc) is 2.49. The molecule has 0 aromatic heterocycles. The molecule has 118 valence electrons. The van der Waals surface area contributed by atoms with Crippen molar-refractivity contribution in [1.82, 2.24) is 15.1 Å². The van der Waals surface area contributed by atoms with E-state index in [2.05, 4.69) is 29.0 Å². The molecule has 0 aromatic carbocycles. The van der Waals surface area contributed by atoms with Gasteiger partial charge in [-0.15, -0.1) is 0 Å². The first-order chi connectivity index (χ1) is 9.79. The van der Waals surface area contributed by atoms with Crippen molar-refractivity contribution in [3.8, 4) is 0 Å². The zero-order valence-corrected chi connectivity index (χ0v) is 13.4. The van der Waals surface area contributed by atoms with Crippen LogP contribution in [-0.2, 0) is 4.74 Å². The number of hydrogen-bond acceptors (Lipinski definition) is 4. The highest BCUT2D eigenvalue weighted by Crippen LogP contribution is 2.16. The molecule has 2 aliphatic rings. The highest BCUT2D eigenvalue weighted by molar-refractivity contribution is 4.74. The molecule has 1 N–H and O–H groups in total. The summed E-state index contributed by atoms with van der Waals surface area (Å²) in [6.45, 7) is 13.5. The Kier molecular flexibility index (Phi) is 7.28. The maximum absolute atomic E-state index is 5.81. The molecular formula is C16H33N3O. The molecule has 4 nitrogen and oxygen atoms in total. The quantitative estimate of drug-likeness (QED) is 0.718. The second kappa shape index (κ2) is 8.98. The van der Waals surface area contributed by atoms with Crippen LogP contribution in [-0.4, -0.2) is 74.4 Å². The van der Waals surface area contributed by atoms with Crippen LogP contribution < -0.4 is 5.32 Å². The van der Waals surface area contributed by atoms with Crippen LogP contribution in [0.1, 0.15) is 39.5 Å². The zero-order chi connectivity index (χ0) is 14.2. The fourth-order valence-corrected chi connectivity index (χ4v) is 3.35. The Bertz CT molecular complexity index is 262. The summed E-state index contributed by atoms with van der Waals surface area (Å²) < 4.78 is 5.81. The lowest BCUT2D eigenvalue weighted by Gasteiger charge is -2.33. The summed E-state index contributed by atoms with van der Waals surface area (Å²) in [6, 6.07) is 0.795. The molecular weight excluding hydrogens is 250 g/mol. The highest BCUT2D eigenvalue weighted by atomic mass is 16.5. The minimum absolute atomic E-state index is 0.387. The summed E-state index contributed by atoms with van der Waals surface area (Å²) in [5.41, 5.74) is 0. The molecule has 20 heavy (non-hydrogen) atoms. The van der Waals surface area contributed by atoms with E-state index in [1.54, 1.807) is 0 Å². The Morgan fingerprint density at radius 2 is 2.15 bits per heavy atom. The summed E-state index contributed by atoms with van der Waals surface area (Å²) in [7, 11) is 0. The number of piperidine rings is 1. The number of hydrogen-bond donors (Lipinski definition) is 1. The van der Waals surface area contributed by atoms with E-state index >= 15 is 0 Å². The van der Waals surface area contributed by atoms with Gasteiger partial charge in [-0.25, -0.2) is 0 Å². The van der Waals surface area contributed by atoms with Crippen LogP contribution in [0, 0.1) is 0 Å². The van der Waals surface area contributed by atoms with Crippen LogP contribution in [0.3, 0.4) is 0 Å². The second-order valence-electron chi connectivity index (χ2n) is 6.32. The van der Waals surface area contributed by atoms with E-state index in [1.165, 1.54) is 38.8 Å². The predicted octanol–water partition coefficient (Wildman–Crippen LogP) is 1.56. The Labute approximate surface area is 124 Å². The maximum atomic E-state index is 5.81. The minimum Gasteiger partial charge on any atom is -0.374 e. The van der Waals surface area contributed by atoms with Gasteiger partial charge in [-0.2, -0.15) is 0 Å². The zero-order valence-electron chi connectivity index (χ0n) is 13.4. The molecule has 2 atom stereocenters. The normalized spacial score (nSPS) is 29.7. The minimum atomic E-state index is 0.387. The molecule has 0 bridgehead atoms. The van der Waals surface area contributed by atoms with E-state index in [4.69, 9.17) is 4.74 Å². The summed E-state index contributed by atoms with van der Waals surface area (Å²) in [5, 5.41) is 3.58. The number of nitrogens with one attached hydrogen (secondary N) is 1. The number of likely N-dealkylation sites (N-methyl/N-ethyl adjacent to an activating group) is 1. The SMILES string of the molecule is CCN1CCOC(CNCCCN2CCCCC2C)C1. The molecule has 0 radical (unpaired) electrons. The summed E-state index contributed by atoms with van der Waals surface area (Å²) in [5.74, 6) is 0. The maximum Gasteiger partial charge on any atom is 0.0826 e. The lowest BCUT2D eigenvalue weighted by atomic mass is 10.0. The van der Waals surface area contributed by atoms with Gasteiger partial charge >= 0.3 is 0 Å². The molecule has 2 fully saturated rings. The Balaban J connectivity index is 1.51. The van der Waals surface area contributed by atoms with Crippen molar-refractivity contribution in [2.75, 3.05) is 52.4 Å². The van der Waals surface area contributed by atoms with Crippen LogP contribution in [0.4, 0.5) is 0 Å². The van der Waals surface area contributed by atoms with E-state index in [0.717, 1.165) is 45.4 Å². The number of likely N-dealkylation sites (tertiary alicyclic amines) is 1. The fourth-order valence-electron chi connectivity index (χ4n) is 3.35. The van der Waals surface area contributed by atoms with E-state index in [-0.39, 0.29) is 0 Å². The van der Waals surface area contributed by atoms with Crippen molar-refractivity contribution in [1.29, 1.82) is 0 Å². The lowest BCUT2D eigenvalue weighted by Crippen LogP contribution is -2.46. The molecule has 0 saturated carbocycles. The number of rotatable bonds is 7. The third-order valence-electron chi connectivity index (χ3n) is 4.78. The van der Waals surface area contributed by atoms with E-state index in [1.807, 2.05) is 0 Å². The molecule has 2 aliphatic heterocycles. The van der Waals surface area contributed by atoms with Crippen molar-refractivity contribution >= 4 is 0 Å². The number of morpholine rings is 1. The Morgan fingerprint density at radius 3 is 2.95 bits per heavy atom. The summed E-state index contributed by atoms with van der Waals surface area (Å²) in [6.07, 6.45) is 5.84. The summed E-state index contributed by atoms with van der Waals surface area (Å²) >= 11 is 0. The van der Waals surface area contributed by atoms with Crippen LogP contribution in [0.2, 0.25) is 0 Å². The van der Waals surface area contributed by atoms with E-state index in [0.29, 0.717) is 6.10 Å². The first-order valence-electron chi connectivity index (χ1n) is 8.58. The van der Waals surface area contributed by atoms with Gasteiger partial charge in [0.15, 0.2) is 0 Å². The molecule has 4 heteroatoms. The lowest BCUT2D eigenvalue weighted by molar-refractivity contribution is -0.0252.